The number of carbonyl (C=O) groups is 2. The zero-order valence-electron chi connectivity index (χ0n) is 28.0. The van der Waals surface area contributed by atoms with E-state index < -0.39 is 30.3 Å². The summed E-state index contributed by atoms with van der Waals surface area (Å²) in [6, 6.07) is 40.3. The van der Waals surface area contributed by atoms with Crippen molar-refractivity contribution in [1.29, 1.82) is 0 Å². The lowest BCUT2D eigenvalue weighted by Gasteiger charge is -2.37. The summed E-state index contributed by atoms with van der Waals surface area (Å²) in [6.45, 7) is -0.659. The summed E-state index contributed by atoms with van der Waals surface area (Å²) in [5.41, 5.74) is 5.80. The van der Waals surface area contributed by atoms with Gasteiger partial charge < -0.3 is 34.7 Å². The van der Waals surface area contributed by atoms with E-state index in [-0.39, 0.29) is 25.7 Å². The lowest BCUT2D eigenvalue weighted by molar-refractivity contribution is -0.122. The van der Waals surface area contributed by atoms with Crippen LogP contribution in [0, 0.1) is 0 Å². The Hall–Kier alpha value is -5.64. The number of rotatable bonds is 14. The number of methoxy groups -OCH3 is 2. The first-order valence-electron chi connectivity index (χ1n) is 16.4. The SMILES string of the molecule is COc1ccc(C(OC[C@@H](CO)NC(=O)CNC(=O)OCC2c3ccccc3-c3ccccc32)(c2ccccc2)c2ccc(OC)cc2)cc1. The van der Waals surface area contributed by atoms with Crippen LogP contribution in [0.15, 0.2) is 127 Å². The van der Waals surface area contributed by atoms with E-state index in [2.05, 4.69) is 22.8 Å². The molecule has 9 nitrogen and oxygen atoms in total. The molecule has 1 aliphatic carbocycles. The van der Waals surface area contributed by atoms with Gasteiger partial charge in [0, 0.05) is 5.92 Å². The summed E-state index contributed by atoms with van der Waals surface area (Å²) < 4.78 is 23.2. The first-order valence-corrected chi connectivity index (χ1v) is 16.4. The molecule has 0 unspecified atom stereocenters. The van der Waals surface area contributed by atoms with E-state index in [0.717, 1.165) is 38.9 Å². The van der Waals surface area contributed by atoms with Gasteiger partial charge >= 0.3 is 6.09 Å². The van der Waals surface area contributed by atoms with Crippen LogP contribution < -0.4 is 20.1 Å². The van der Waals surface area contributed by atoms with E-state index in [1.165, 1.54) is 0 Å². The number of amides is 2. The van der Waals surface area contributed by atoms with Crippen LogP contribution in [0.5, 0.6) is 11.5 Å². The van der Waals surface area contributed by atoms with E-state index in [1.807, 2.05) is 115 Å². The second-order valence-corrected chi connectivity index (χ2v) is 11.9. The Balaban J connectivity index is 1.13. The van der Waals surface area contributed by atoms with Gasteiger partial charge in [-0.25, -0.2) is 4.79 Å². The van der Waals surface area contributed by atoms with Crippen molar-refractivity contribution in [3.8, 4) is 22.6 Å². The average Bonchev–Trinajstić information content (AvgIpc) is 3.50. The molecule has 0 heterocycles. The number of nitrogens with one attached hydrogen (secondary N) is 2. The molecule has 5 aromatic rings. The van der Waals surface area contributed by atoms with Gasteiger partial charge in [0.1, 0.15) is 30.3 Å². The first-order chi connectivity index (χ1) is 24.5. The topological polar surface area (TPSA) is 115 Å². The van der Waals surface area contributed by atoms with E-state index in [0.29, 0.717) is 11.5 Å². The Labute approximate surface area is 291 Å². The number of alkyl carbamates (subject to hydrolysis) is 1. The van der Waals surface area contributed by atoms with Crippen molar-refractivity contribution in [2.45, 2.75) is 17.6 Å². The van der Waals surface area contributed by atoms with Crippen molar-refractivity contribution in [3.63, 3.8) is 0 Å². The molecular weight excluding hydrogens is 632 g/mol. The minimum absolute atomic E-state index is 0.0554. The molecule has 6 rings (SSSR count). The minimum Gasteiger partial charge on any atom is -0.497 e. The first kappa shape index (κ1) is 34.2. The fourth-order valence-corrected chi connectivity index (χ4v) is 6.52. The number of fused-ring (bicyclic) bond motifs is 3. The molecule has 3 N–H and O–H groups in total. The normalized spacial score (nSPS) is 12.7. The summed E-state index contributed by atoms with van der Waals surface area (Å²) in [4.78, 5) is 25.7. The maximum atomic E-state index is 13.0. The molecule has 0 radical (unpaired) electrons. The fourth-order valence-electron chi connectivity index (χ4n) is 6.52. The quantitative estimate of drug-likeness (QED) is 0.124. The Kier molecular flexibility index (Phi) is 10.8. The molecule has 1 atom stereocenters. The highest BCUT2D eigenvalue weighted by Gasteiger charge is 2.38. The summed E-state index contributed by atoms with van der Waals surface area (Å²) >= 11 is 0. The molecule has 0 fully saturated rings. The highest BCUT2D eigenvalue weighted by Crippen LogP contribution is 2.45. The minimum atomic E-state index is -1.13. The van der Waals surface area contributed by atoms with Crippen LogP contribution in [0.2, 0.25) is 0 Å². The number of benzene rings is 5. The smallest absolute Gasteiger partial charge is 0.407 e. The number of hydrogen-bond donors (Lipinski definition) is 3. The number of hydrogen-bond acceptors (Lipinski definition) is 7. The molecule has 2 amide bonds. The van der Waals surface area contributed by atoms with Crippen molar-refractivity contribution < 1.29 is 33.6 Å². The van der Waals surface area contributed by atoms with Gasteiger partial charge in [0.15, 0.2) is 0 Å². The Morgan fingerprint density at radius 3 is 1.72 bits per heavy atom. The third-order valence-corrected chi connectivity index (χ3v) is 9.00. The number of aliphatic hydroxyl groups excluding tert-OH is 1. The molecule has 0 bridgehead atoms. The molecular formula is C41H40N2O7. The molecule has 50 heavy (non-hydrogen) atoms. The van der Waals surface area contributed by atoms with E-state index in [4.69, 9.17) is 18.9 Å². The van der Waals surface area contributed by atoms with Gasteiger partial charge in [-0.05, 0) is 63.2 Å². The summed E-state index contributed by atoms with van der Waals surface area (Å²) in [5.74, 6) is 0.782. The van der Waals surface area contributed by atoms with Gasteiger partial charge in [0.25, 0.3) is 0 Å². The van der Waals surface area contributed by atoms with Crippen LogP contribution in [0.3, 0.4) is 0 Å². The number of carbonyl (C=O) groups excluding carboxylic acids is 2. The van der Waals surface area contributed by atoms with Crippen LogP contribution >= 0.6 is 0 Å². The molecule has 0 aliphatic heterocycles. The molecule has 256 valence electrons. The molecule has 0 spiro atoms. The van der Waals surface area contributed by atoms with Gasteiger partial charge in [0.05, 0.1) is 33.5 Å². The van der Waals surface area contributed by atoms with Crippen molar-refractivity contribution in [1.82, 2.24) is 10.6 Å². The summed E-state index contributed by atoms with van der Waals surface area (Å²) in [6.07, 6.45) is -0.707. The average molecular weight is 673 g/mol. The third-order valence-electron chi connectivity index (χ3n) is 9.00. The van der Waals surface area contributed by atoms with E-state index in [9.17, 15) is 14.7 Å². The molecule has 5 aromatic carbocycles. The van der Waals surface area contributed by atoms with Crippen LogP contribution in [0.25, 0.3) is 11.1 Å². The second-order valence-electron chi connectivity index (χ2n) is 11.9. The monoisotopic (exact) mass is 672 g/mol. The second kappa shape index (κ2) is 15.7. The predicted octanol–water partition coefficient (Wildman–Crippen LogP) is 6.03. The Morgan fingerprint density at radius 1 is 0.700 bits per heavy atom. The van der Waals surface area contributed by atoms with Gasteiger partial charge in [0.2, 0.25) is 5.91 Å². The fraction of sp³-hybridized carbons (Fsp3) is 0.220. The highest BCUT2D eigenvalue weighted by atomic mass is 16.5. The highest BCUT2D eigenvalue weighted by molar-refractivity contribution is 5.82. The number of aliphatic hydroxyl groups is 1. The lowest BCUT2D eigenvalue weighted by atomic mass is 9.80. The predicted molar refractivity (Wildman–Crippen MR) is 190 cm³/mol. The van der Waals surface area contributed by atoms with Crippen LogP contribution in [0.1, 0.15) is 33.7 Å². The molecule has 9 heteroatoms. The zero-order valence-corrected chi connectivity index (χ0v) is 28.0. The largest absolute Gasteiger partial charge is 0.497 e. The molecule has 0 aromatic heterocycles. The summed E-state index contributed by atoms with van der Waals surface area (Å²) in [7, 11) is 3.22. The lowest BCUT2D eigenvalue weighted by Crippen LogP contribution is -2.47. The summed E-state index contributed by atoms with van der Waals surface area (Å²) in [5, 5.41) is 15.6. The van der Waals surface area contributed by atoms with Gasteiger partial charge in [-0.1, -0.05) is 103 Å². The Bertz CT molecular complexity index is 1800. The molecule has 0 saturated carbocycles. The van der Waals surface area contributed by atoms with Crippen LogP contribution in [0.4, 0.5) is 4.79 Å². The van der Waals surface area contributed by atoms with Crippen molar-refractivity contribution in [2.75, 3.05) is 40.6 Å². The van der Waals surface area contributed by atoms with Gasteiger partial charge in [-0.15, -0.1) is 0 Å². The van der Waals surface area contributed by atoms with Crippen LogP contribution in [-0.2, 0) is 19.9 Å². The van der Waals surface area contributed by atoms with Crippen molar-refractivity contribution in [3.05, 3.63) is 155 Å². The molecule has 0 saturated heterocycles. The van der Waals surface area contributed by atoms with E-state index >= 15 is 0 Å². The van der Waals surface area contributed by atoms with Gasteiger partial charge in [-0.3, -0.25) is 4.79 Å². The molecule has 1 aliphatic rings. The van der Waals surface area contributed by atoms with Crippen molar-refractivity contribution in [2.24, 2.45) is 0 Å². The third kappa shape index (κ3) is 7.19. The number of ether oxygens (including phenoxy) is 4. The Morgan fingerprint density at radius 2 is 1.20 bits per heavy atom. The maximum absolute atomic E-state index is 13.0. The maximum Gasteiger partial charge on any atom is 0.407 e. The zero-order chi connectivity index (χ0) is 34.9. The van der Waals surface area contributed by atoms with E-state index in [1.54, 1.807) is 14.2 Å². The van der Waals surface area contributed by atoms with Gasteiger partial charge in [-0.2, -0.15) is 0 Å². The van der Waals surface area contributed by atoms with Crippen LogP contribution in [-0.4, -0.2) is 63.7 Å². The standard InChI is InChI=1S/C41H40N2O7/c1-47-32-20-16-29(17-21-32)41(28-10-4-3-5-11-28,30-18-22-33(48-2)23-19-30)50-26-31(25-44)43-39(45)24-42-40(46)49-27-38-36-14-8-6-12-34(36)35-13-7-9-15-37(35)38/h3-23,31,38,44H,24-27H2,1-2H3,(H,42,46)(H,43,45)/t31-/m1/s1. The van der Waals surface area contributed by atoms with Crippen molar-refractivity contribution >= 4 is 12.0 Å².